The lowest BCUT2D eigenvalue weighted by atomic mass is 10.1. The lowest BCUT2D eigenvalue weighted by molar-refractivity contribution is 0.139. The van der Waals surface area contributed by atoms with Crippen LogP contribution in [0.15, 0.2) is 12.3 Å². The first-order valence-electron chi connectivity index (χ1n) is 7.30. The fraction of sp³-hybridized carbons (Fsp3) is 0.600. The molecule has 2 atom stereocenters. The molecule has 116 valence electrons. The second-order valence-electron chi connectivity index (χ2n) is 6.01. The van der Waals surface area contributed by atoms with Crippen LogP contribution in [-0.2, 0) is 13.6 Å². The van der Waals surface area contributed by atoms with Crippen LogP contribution in [-0.4, -0.2) is 44.8 Å². The molecule has 0 aliphatic carbocycles. The average Bonchev–Trinajstić information content (AvgIpc) is 2.69. The Bertz CT molecular complexity index is 624. The zero-order valence-corrected chi connectivity index (χ0v) is 13.9. The summed E-state index contributed by atoms with van der Waals surface area (Å²) < 4.78 is 1.85. The van der Waals surface area contributed by atoms with E-state index < -0.39 is 0 Å². The van der Waals surface area contributed by atoms with Crippen LogP contribution in [0.5, 0.6) is 0 Å². The van der Waals surface area contributed by atoms with Crippen molar-refractivity contribution in [2.45, 2.75) is 39.4 Å². The Hall–Kier alpha value is -1.17. The van der Waals surface area contributed by atoms with E-state index >= 15 is 0 Å². The fourth-order valence-electron chi connectivity index (χ4n) is 2.99. The molecule has 0 amide bonds. The van der Waals surface area contributed by atoms with Gasteiger partial charge in [-0.15, -0.1) is 12.4 Å². The highest BCUT2D eigenvalue weighted by atomic mass is 35.5. The van der Waals surface area contributed by atoms with E-state index in [2.05, 4.69) is 40.2 Å². The van der Waals surface area contributed by atoms with E-state index in [-0.39, 0.29) is 12.4 Å². The van der Waals surface area contributed by atoms with E-state index in [1.54, 1.807) is 0 Å². The highest BCUT2D eigenvalue weighted by Gasteiger charge is 2.22. The summed E-state index contributed by atoms with van der Waals surface area (Å²) in [5.41, 5.74) is 3.29. The number of halogens is 1. The second kappa shape index (κ2) is 6.30. The van der Waals surface area contributed by atoms with Gasteiger partial charge in [-0.1, -0.05) is 0 Å². The molecule has 1 fully saturated rings. The third-order valence-corrected chi connectivity index (χ3v) is 4.20. The van der Waals surface area contributed by atoms with Gasteiger partial charge in [-0.3, -0.25) is 9.58 Å². The first-order valence-corrected chi connectivity index (χ1v) is 7.30. The Balaban J connectivity index is 0.00000161. The average molecular weight is 310 g/mol. The number of nitrogens with one attached hydrogen (secondary N) is 1. The molecule has 0 spiro atoms. The van der Waals surface area contributed by atoms with E-state index in [1.807, 2.05) is 24.9 Å². The largest absolute Gasteiger partial charge is 0.311 e. The van der Waals surface area contributed by atoms with Gasteiger partial charge in [0, 0.05) is 50.3 Å². The van der Waals surface area contributed by atoms with Gasteiger partial charge < -0.3 is 5.32 Å². The van der Waals surface area contributed by atoms with Gasteiger partial charge in [0.1, 0.15) is 0 Å². The number of nitrogens with zero attached hydrogens (tertiary/aromatic N) is 4. The van der Waals surface area contributed by atoms with Gasteiger partial charge in [0.15, 0.2) is 5.65 Å². The Kier molecular flexibility index (Phi) is 4.86. The van der Waals surface area contributed by atoms with Gasteiger partial charge >= 0.3 is 0 Å². The molecule has 1 N–H and O–H groups in total. The highest BCUT2D eigenvalue weighted by molar-refractivity contribution is 5.85. The van der Waals surface area contributed by atoms with Crippen LogP contribution >= 0.6 is 12.4 Å². The normalized spacial score (nSPS) is 23.2. The SMILES string of the molecule is Cc1nn(C)c2ncc(CN3CC(C)NCC3C)cc12.Cl. The molecule has 1 aliphatic heterocycles. The fourth-order valence-corrected chi connectivity index (χ4v) is 2.99. The van der Waals surface area contributed by atoms with Crippen molar-refractivity contribution in [1.82, 2.24) is 25.0 Å². The summed E-state index contributed by atoms with van der Waals surface area (Å²) in [6.45, 7) is 9.67. The number of hydrogen-bond acceptors (Lipinski definition) is 4. The second-order valence-corrected chi connectivity index (χ2v) is 6.01. The molecule has 2 unspecified atom stereocenters. The summed E-state index contributed by atoms with van der Waals surface area (Å²) in [6, 6.07) is 3.37. The Labute approximate surface area is 132 Å². The Morgan fingerprint density at radius 3 is 2.90 bits per heavy atom. The van der Waals surface area contributed by atoms with Crippen LogP contribution in [0.3, 0.4) is 0 Å². The van der Waals surface area contributed by atoms with E-state index in [9.17, 15) is 0 Å². The maximum absolute atomic E-state index is 4.57. The zero-order chi connectivity index (χ0) is 14.3. The third-order valence-electron chi connectivity index (χ3n) is 4.20. The number of rotatable bonds is 2. The van der Waals surface area contributed by atoms with Crippen molar-refractivity contribution in [2.24, 2.45) is 7.05 Å². The first-order chi connectivity index (χ1) is 9.54. The van der Waals surface area contributed by atoms with E-state index in [0.717, 1.165) is 31.0 Å². The molecule has 3 heterocycles. The molecule has 3 rings (SSSR count). The maximum atomic E-state index is 4.57. The zero-order valence-electron chi connectivity index (χ0n) is 13.1. The van der Waals surface area contributed by atoms with E-state index in [4.69, 9.17) is 0 Å². The molecule has 0 saturated carbocycles. The molecule has 5 nitrogen and oxygen atoms in total. The smallest absolute Gasteiger partial charge is 0.157 e. The number of piperazine rings is 1. The van der Waals surface area contributed by atoms with Gasteiger partial charge in [0.25, 0.3) is 0 Å². The molecule has 2 aromatic heterocycles. The number of aryl methyl sites for hydroxylation is 2. The van der Waals surface area contributed by atoms with Gasteiger partial charge in [-0.2, -0.15) is 5.10 Å². The van der Waals surface area contributed by atoms with Gasteiger partial charge in [-0.05, 0) is 32.4 Å². The van der Waals surface area contributed by atoms with Crippen molar-refractivity contribution >= 4 is 23.4 Å². The summed E-state index contributed by atoms with van der Waals surface area (Å²) in [5.74, 6) is 0. The number of hydrogen-bond donors (Lipinski definition) is 1. The van der Waals surface area contributed by atoms with Crippen molar-refractivity contribution in [3.8, 4) is 0 Å². The van der Waals surface area contributed by atoms with Gasteiger partial charge in [0.2, 0.25) is 0 Å². The van der Waals surface area contributed by atoms with Crippen molar-refractivity contribution in [2.75, 3.05) is 13.1 Å². The molecule has 0 bridgehead atoms. The summed E-state index contributed by atoms with van der Waals surface area (Å²) in [5, 5.41) is 9.12. The predicted octanol–water partition coefficient (Wildman–Crippen LogP) is 1.88. The number of pyridine rings is 1. The third kappa shape index (κ3) is 3.20. The lowest BCUT2D eigenvalue weighted by Gasteiger charge is -2.37. The first kappa shape index (κ1) is 16.2. The van der Waals surface area contributed by atoms with Crippen LogP contribution in [0.2, 0.25) is 0 Å². The van der Waals surface area contributed by atoms with Crippen molar-refractivity contribution in [3.63, 3.8) is 0 Å². The van der Waals surface area contributed by atoms with Gasteiger partial charge in [-0.25, -0.2) is 4.98 Å². The minimum Gasteiger partial charge on any atom is -0.311 e. The molecular formula is C15H24ClN5. The topological polar surface area (TPSA) is 46.0 Å². The molecule has 2 aromatic rings. The van der Waals surface area contributed by atoms with Crippen LogP contribution in [0.4, 0.5) is 0 Å². The van der Waals surface area contributed by atoms with Crippen LogP contribution < -0.4 is 5.32 Å². The Morgan fingerprint density at radius 2 is 2.14 bits per heavy atom. The quantitative estimate of drug-likeness (QED) is 0.920. The van der Waals surface area contributed by atoms with Gasteiger partial charge in [0.05, 0.1) is 5.69 Å². The molecule has 0 aromatic carbocycles. The summed E-state index contributed by atoms with van der Waals surface area (Å²) in [6.07, 6.45) is 1.99. The maximum Gasteiger partial charge on any atom is 0.157 e. The minimum atomic E-state index is 0. The van der Waals surface area contributed by atoms with Crippen molar-refractivity contribution < 1.29 is 0 Å². The monoisotopic (exact) mass is 309 g/mol. The standard InChI is InChI=1S/C15H23N5.ClH/c1-10-8-20(11(2)6-16-10)9-13-5-14-12(3)18-19(4)15(14)17-7-13;/h5,7,10-11,16H,6,8-9H2,1-4H3;1H. The van der Waals surface area contributed by atoms with Crippen LogP contribution in [0.25, 0.3) is 11.0 Å². The van der Waals surface area contributed by atoms with Crippen molar-refractivity contribution in [3.05, 3.63) is 23.5 Å². The molecule has 21 heavy (non-hydrogen) atoms. The van der Waals surface area contributed by atoms with Crippen LogP contribution in [0, 0.1) is 6.92 Å². The number of aromatic nitrogens is 3. The summed E-state index contributed by atoms with van der Waals surface area (Å²) >= 11 is 0. The molecule has 1 saturated heterocycles. The van der Waals surface area contributed by atoms with E-state index in [0.29, 0.717) is 12.1 Å². The molecule has 6 heteroatoms. The highest BCUT2D eigenvalue weighted by Crippen LogP contribution is 2.19. The summed E-state index contributed by atoms with van der Waals surface area (Å²) in [4.78, 5) is 7.09. The predicted molar refractivity (Wildman–Crippen MR) is 87.8 cm³/mol. The number of fused-ring (bicyclic) bond motifs is 1. The van der Waals surface area contributed by atoms with Crippen molar-refractivity contribution in [1.29, 1.82) is 0 Å². The lowest BCUT2D eigenvalue weighted by Crippen LogP contribution is -2.53. The summed E-state index contributed by atoms with van der Waals surface area (Å²) in [7, 11) is 1.95. The Morgan fingerprint density at radius 1 is 1.38 bits per heavy atom. The molecule has 1 aliphatic rings. The van der Waals surface area contributed by atoms with E-state index in [1.165, 1.54) is 10.9 Å². The van der Waals surface area contributed by atoms with Crippen LogP contribution in [0.1, 0.15) is 25.1 Å². The molecular weight excluding hydrogens is 286 g/mol. The minimum absolute atomic E-state index is 0. The molecule has 0 radical (unpaired) electrons.